The highest BCUT2D eigenvalue weighted by molar-refractivity contribution is 5.43. The Balaban J connectivity index is 2.30. The molecule has 100 valence electrons. The van der Waals surface area contributed by atoms with Crippen molar-refractivity contribution in [3.8, 4) is 11.5 Å². The maximum atomic E-state index is 6.07. The Morgan fingerprint density at radius 2 is 1.68 bits per heavy atom. The van der Waals surface area contributed by atoms with Gasteiger partial charge in [0, 0.05) is 6.04 Å². The second-order valence-electron chi connectivity index (χ2n) is 5.09. The van der Waals surface area contributed by atoms with Crippen molar-refractivity contribution in [3.63, 3.8) is 0 Å². The fourth-order valence-electron chi connectivity index (χ4n) is 2.07. The number of hydrogen-bond donors (Lipinski definition) is 1. The second-order valence-corrected chi connectivity index (χ2v) is 5.09. The van der Waals surface area contributed by atoms with E-state index in [1.807, 2.05) is 37.3 Å². The maximum absolute atomic E-state index is 6.07. The molecule has 0 aliphatic heterocycles. The monoisotopic (exact) mass is 255 g/mol. The quantitative estimate of drug-likeness (QED) is 0.896. The highest BCUT2D eigenvalue weighted by atomic mass is 16.5. The van der Waals surface area contributed by atoms with E-state index in [2.05, 4.69) is 26.0 Å². The molecule has 0 saturated carbocycles. The minimum Gasteiger partial charge on any atom is -0.457 e. The smallest absolute Gasteiger partial charge is 0.130 e. The molecule has 2 rings (SSSR count). The van der Waals surface area contributed by atoms with Crippen LogP contribution in [0.15, 0.2) is 42.5 Å². The minimum absolute atomic E-state index is 0.128. The van der Waals surface area contributed by atoms with Crippen molar-refractivity contribution in [2.75, 3.05) is 0 Å². The Hall–Kier alpha value is -1.80. The number of hydrogen-bond acceptors (Lipinski definition) is 2. The van der Waals surface area contributed by atoms with Crippen LogP contribution in [0.2, 0.25) is 0 Å². The Kier molecular flexibility index (Phi) is 4.23. The summed E-state index contributed by atoms with van der Waals surface area (Å²) in [5.41, 5.74) is 9.45. The topological polar surface area (TPSA) is 35.2 Å². The van der Waals surface area contributed by atoms with Crippen LogP contribution in [0.3, 0.4) is 0 Å². The number of para-hydroxylation sites is 1. The summed E-state index contributed by atoms with van der Waals surface area (Å²) in [7, 11) is 0. The van der Waals surface area contributed by atoms with E-state index in [1.54, 1.807) is 0 Å². The molecule has 0 heterocycles. The maximum Gasteiger partial charge on any atom is 0.130 e. The molecule has 0 radical (unpaired) electrons. The number of nitrogens with two attached hydrogens (primary N) is 1. The SMILES string of the molecule is Cc1cccc(Oc2ccccc2CC(C)N)c1C. The third-order valence-electron chi connectivity index (χ3n) is 3.29. The van der Waals surface area contributed by atoms with Gasteiger partial charge in [-0.25, -0.2) is 0 Å². The van der Waals surface area contributed by atoms with Crippen LogP contribution in [-0.2, 0) is 6.42 Å². The first kappa shape index (κ1) is 13.6. The zero-order valence-corrected chi connectivity index (χ0v) is 11.8. The number of aryl methyl sites for hydroxylation is 1. The standard InChI is InChI=1S/C17H21NO/c1-12-7-6-10-16(14(12)3)19-17-9-5-4-8-15(17)11-13(2)18/h4-10,13H,11,18H2,1-3H3. The fourth-order valence-corrected chi connectivity index (χ4v) is 2.07. The minimum atomic E-state index is 0.128. The number of ether oxygens (including phenoxy) is 1. The van der Waals surface area contributed by atoms with Gasteiger partial charge >= 0.3 is 0 Å². The van der Waals surface area contributed by atoms with Gasteiger partial charge in [-0.3, -0.25) is 0 Å². The summed E-state index contributed by atoms with van der Waals surface area (Å²) in [6.45, 7) is 6.18. The lowest BCUT2D eigenvalue weighted by atomic mass is 10.1. The molecule has 0 saturated heterocycles. The first-order valence-electron chi connectivity index (χ1n) is 6.65. The highest BCUT2D eigenvalue weighted by Crippen LogP contribution is 2.29. The second kappa shape index (κ2) is 5.89. The van der Waals surface area contributed by atoms with Crippen LogP contribution in [0.5, 0.6) is 11.5 Å². The highest BCUT2D eigenvalue weighted by Gasteiger charge is 2.08. The van der Waals surface area contributed by atoms with Crippen LogP contribution in [0, 0.1) is 13.8 Å². The summed E-state index contributed by atoms with van der Waals surface area (Å²) in [4.78, 5) is 0. The van der Waals surface area contributed by atoms with E-state index in [0.717, 1.165) is 23.5 Å². The first-order valence-corrected chi connectivity index (χ1v) is 6.65. The lowest BCUT2D eigenvalue weighted by Crippen LogP contribution is -2.18. The largest absolute Gasteiger partial charge is 0.457 e. The lowest BCUT2D eigenvalue weighted by Gasteiger charge is -2.15. The van der Waals surface area contributed by atoms with Crippen molar-refractivity contribution >= 4 is 0 Å². The molecule has 2 N–H and O–H groups in total. The normalized spacial score (nSPS) is 12.2. The van der Waals surface area contributed by atoms with Crippen molar-refractivity contribution in [2.45, 2.75) is 33.2 Å². The van der Waals surface area contributed by atoms with Gasteiger partial charge in [0.1, 0.15) is 11.5 Å². The van der Waals surface area contributed by atoms with Crippen molar-refractivity contribution in [1.82, 2.24) is 0 Å². The third-order valence-corrected chi connectivity index (χ3v) is 3.29. The molecule has 1 unspecified atom stereocenters. The van der Waals surface area contributed by atoms with E-state index >= 15 is 0 Å². The Bertz CT molecular complexity index is 561. The third kappa shape index (κ3) is 3.36. The summed E-state index contributed by atoms with van der Waals surface area (Å²) in [6.07, 6.45) is 0.820. The predicted octanol–water partition coefficient (Wildman–Crippen LogP) is 3.99. The fraction of sp³-hybridized carbons (Fsp3) is 0.294. The first-order chi connectivity index (χ1) is 9.08. The molecule has 2 heteroatoms. The van der Waals surface area contributed by atoms with Crippen molar-refractivity contribution < 1.29 is 4.74 Å². The van der Waals surface area contributed by atoms with Gasteiger partial charge < -0.3 is 10.5 Å². The Morgan fingerprint density at radius 3 is 2.42 bits per heavy atom. The van der Waals surface area contributed by atoms with Gasteiger partial charge in [-0.15, -0.1) is 0 Å². The molecule has 2 aromatic carbocycles. The zero-order valence-electron chi connectivity index (χ0n) is 11.8. The summed E-state index contributed by atoms with van der Waals surface area (Å²) in [5, 5.41) is 0. The molecule has 1 atom stereocenters. The van der Waals surface area contributed by atoms with E-state index < -0.39 is 0 Å². The molecular formula is C17H21NO. The van der Waals surface area contributed by atoms with Gasteiger partial charge in [0.05, 0.1) is 0 Å². The molecule has 19 heavy (non-hydrogen) atoms. The van der Waals surface area contributed by atoms with Crippen LogP contribution in [0.4, 0.5) is 0 Å². The van der Waals surface area contributed by atoms with Crippen LogP contribution in [0.25, 0.3) is 0 Å². The molecule has 0 bridgehead atoms. The molecular weight excluding hydrogens is 234 g/mol. The van der Waals surface area contributed by atoms with Crippen molar-refractivity contribution in [2.24, 2.45) is 5.73 Å². The van der Waals surface area contributed by atoms with E-state index in [4.69, 9.17) is 10.5 Å². The summed E-state index contributed by atoms with van der Waals surface area (Å²) < 4.78 is 6.07. The summed E-state index contributed by atoms with van der Waals surface area (Å²) in [6, 6.07) is 14.3. The molecule has 2 aromatic rings. The van der Waals surface area contributed by atoms with Crippen LogP contribution in [0.1, 0.15) is 23.6 Å². The van der Waals surface area contributed by atoms with E-state index in [1.165, 1.54) is 11.1 Å². The van der Waals surface area contributed by atoms with Gasteiger partial charge in [-0.05, 0) is 56.0 Å². The van der Waals surface area contributed by atoms with Crippen molar-refractivity contribution in [3.05, 3.63) is 59.2 Å². The number of rotatable bonds is 4. The van der Waals surface area contributed by atoms with E-state index in [9.17, 15) is 0 Å². The van der Waals surface area contributed by atoms with Crippen LogP contribution >= 0.6 is 0 Å². The molecule has 2 nitrogen and oxygen atoms in total. The van der Waals surface area contributed by atoms with E-state index in [-0.39, 0.29) is 6.04 Å². The van der Waals surface area contributed by atoms with Gasteiger partial charge in [-0.2, -0.15) is 0 Å². The molecule has 0 spiro atoms. The molecule has 0 aliphatic carbocycles. The number of benzene rings is 2. The van der Waals surface area contributed by atoms with Gasteiger partial charge in [0.2, 0.25) is 0 Å². The Morgan fingerprint density at radius 1 is 1.00 bits per heavy atom. The summed E-state index contributed by atoms with van der Waals surface area (Å²) >= 11 is 0. The van der Waals surface area contributed by atoms with Gasteiger partial charge in [-0.1, -0.05) is 30.3 Å². The van der Waals surface area contributed by atoms with Crippen molar-refractivity contribution in [1.29, 1.82) is 0 Å². The molecule has 0 aromatic heterocycles. The average molecular weight is 255 g/mol. The molecule has 0 amide bonds. The van der Waals surface area contributed by atoms with Crippen LogP contribution in [-0.4, -0.2) is 6.04 Å². The molecule has 0 aliphatic rings. The Labute approximate surface area is 115 Å². The lowest BCUT2D eigenvalue weighted by molar-refractivity contribution is 0.470. The van der Waals surface area contributed by atoms with Gasteiger partial charge in [0.15, 0.2) is 0 Å². The van der Waals surface area contributed by atoms with Crippen LogP contribution < -0.4 is 10.5 Å². The predicted molar refractivity (Wildman–Crippen MR) is 79.8 cm³/mol. The van der Waals surface area contributed by atoms with Gasteiger partial charge in [0.25, 0.3) is 0 Å². The van der Waals surface area contributed by atoms with E-state index in [0.29, 0.717) is 0 Å². The zero-order chi connectivity index (χ0) is 13.8. The molecule has 0 fully saturated rings. The summed E-state index contributed by atoms with van der Waals surface area (Å²) in [5.74, 6) is 1.81. The average Bonchev–Trinajstić information content (AvgIpc) is 2.36.